The maximum absolute atomic E-state index is 12.5. The van der Waals surface area contributed by atoms with Gasteiger partial charge in [0.2, 0.25) is 23.6 Å². The molecule has 4 aliphatic rings. The van der Waals surface area contributed by atoms with E-state index in [1.54, 1.807) is 50.2 Å². The van der Waals surface area contributed by atoms with Crippen LogP contribution in [0.15, 0.2) is 36.4 Å². The summed E-state index contributed by atoms with van der Waals surface area (Å²) in [5.74, 6) is -2.10. The molecule has 2 saturated heterocycles. The molecule has 2 aromatic carbocycles. The molecule has 0 spiro atoms. The molecule has 6 amide bonds. The summed E-state index contributed by atoms with van der Waals surface area (Å²) in [7, 11) is -6.31. The van der Waals surface area contributed by atoms with E-state index < -0.39 is 43.6 Å². The molecule has 49 heavy (non-hydrogen) atoms. The smallest absolute Gasteiger partial charge is 0.255 e. The minimum Gasteiger partial charge on any atom is -0.322 e. The number of hydrogen-bond donors (Lipinski definition) is 2. The number of nitrogens with zero attached hydrogens (tertiary/aromatic N) is 2. The van der Waals surface area contributed by atoms with E-state index in [0.717, 1.165) is 0 Å². The Kier molecular flexibility index (Phi) is 11.1. The second-order valence-corrected chi connectivity index (χ2v) is 16.8. The Hall–Kier alpha value is -4.44. The Bertz CT molecular complexity index is 1800. The van der Waals surface area contributed by atoms with Crippen LogP contribution in [0.4, 0.5) is 0 Å². The normalized spacial score (nSPS) is 20.5. The van der Waals surface area contributed by atoms with Crippen molar-refractivity contribution in [2.45, 2.75) is 83.6 Å². The zero-order valence-electron chi connectivity index (χ0n) is 26.5. The lowest BCUT2D eigenvalue weighted by Gasteiger charge is -2.29. The number of carbonyl (C=O) groups is 6. The molecule has 6 rings (SSSR count). The molecule has 14 nitrogen and oxygen atoms in total. The number of imide groups is 2. The summed E-state index contributed by atoms with van der Waals surface area (Å²) in [6.45, 7) is 3.69. The first-order chi connectivity index (χ1) is 22.6. The summed E-state index contributed by atoms with van der Waals surface area (Å²) in [5.41, 5.74) is 3.67. The van der Waals surface area contributed by atoms with Crippen molar-refractivity contribution >= 4 is 55.1 Å². The van der Waals surface area contributed by atoms with Crippen LogP contribution in [0.2, 0.25) is 0 Å². The average Bonchev–Trinajstić information content (AvgIpc) is 3.52. The van der Waals surface area contributed by atoms with Crippen LogP contribution >= 0.6 is 0 Å². The monoisotopic (exact) mass is 716 g/mol. The van der Waals surface area contributed by atoms with Gasteiger partial charge in [-0.05, 0) is 47.2 Å². The lowest BCUT2D eigenvalue weighted by molar-refractivity contribution is -0.138. The average molecular weight is 717 g/mol. The van der Waals surface area contributed by atoms with Crippen molar-refractivity contribution in [3.63, 3.8) is 0 Å². The first-order valence-corrected chi connectivity index (χ1v) is 19.2. The molecule has 0 aliphatic carbocycles. The molecule has 264 valence electrons. The maximum Gasteiger partial charge on any atom is 0.255 e. The molecule has 2 fully saturated rings. The topological polar surface area (TPSA) is 201 Å². The minimum atomic E-state index is -3.15. The number of piperidine rings is 2. The van der Waals surface area contributed by atoms with Gasteiger partial charge in [-0.3, -0.25) is 39.4 Å². The summed E-state index contributed by atoms with van der Waals surface area (Å²) in [4.78, 5) is 74.4. The third kappa shape index (κ3) is 8.24. The van der Waals surface area contributed by atoms with Gasteiger partial charge in [0.1, 0.15) is 12.1 Å². The SMILES string of the molecule is C.CCS(=O)(=O)Cc1ccc2c(c1)CN(C1CCC(=O)NC1=O)C2=O.CCS(=O)(=O)Cc1ccc2c(c1)CN(C1CCC(=O)NC1=O)C2=O. The van der Waals surface area contributed by atoms with Gasteiger partial charge in [0.05, 0.1) is 11.5 Å². The van der Waals surface area contributed by atoms with Crippen molar-refractivity contribution in [2.24, 2.45) is 0 Å². The van der Waals surface area contributed by atoms with Gasteiger partial charge in [-0.25, -0.2) is 16.8 Å². The number of sulfone groups is 2. The predicted molar refractivity (Wildman–Crippen MR) is 178 cm³/mol. The number of rotatable bonds is 8. The number of amides is 6. The van der Waals surface area contributed by atoms with Crippen LogP contribution in [-0.4, -0.2) is 85.7 Å². The highest BCUT2D eigenvalue weighted by atomic mass is 32.2. The Labute approximate surface area is 285 Å². The van der Waals surface area contributed by atoms with Gasteiger partial charge in [0.25, 0.3) is 11.8 Å². The second-order valence-electron chi connectivity index (χ2n) is 12.1. The Balaban J connectivity index is 0.000000216. The highest BCUT2D eigenvalue weighted by Crippen LogP contribution is 2.30. The molecule has 4 aliphatic heterocycles. The molecule has 0 saturated carbocycles. The molecular weight excluding hydrogens is 677 g/mol. The summed E-state index contributed by atoms with van der Waals surface area (Å²) in [6.07, 6.45) is 1.02. The van der Waals surface area contributed by atoms with E-state index in [1.807, 2.05) is 0 Å². The van der Waals surface area contributed by atoms with Gasteiger partial charge < -0.3 is 9.80 Å². The van der Waals surface area contributed by atoms with E-state index in [1.165, 1.54) is 9.80 Å². The van der Waals surface area contributed by atoms with Crippen molar-refractivity contribution in [3.05, 3.63) is 69.8 Å². The van der Waals surface area contributed by atoms with Crippen molar-refractivity contribution in [3.8, 4) is 0 Å². The zero-order chi connectivity index (χ0) is 35.0. The lowest BCUT2D eigenvalue weighted by atomic mass is 10.0. The van der Waals surface area contributed by atoms with Crippen LogP contribution in [0.1, 0.15) is 89.9 Å². The standard InChI is InChI=1S/2C16H18N2O5S.CH4/c2*1-2-24(22,23)9-10-3-4-12-11(7-10)8-18(16(12)21)13-5-6-14(19)17-15(13)20;/h2*3-4,7,13H,2,5-6,8-9H2,1H3,(H,17,19,20);1H4. The number of benzene rings is 2. The summed E-state index contributed by atoms with van der Waals surface area (Å²) in [6, 6.07) is 8.61. The Morgan fingerprint density at radius 1 is 0.633 bits per heavy atom. The van der Waals surface area contributed by atoms with Crippen LogP contribution < -0.4 is 10.6 Å². The van der Waals surface area contributed by atoms with E-state index in [2.05, 4.69) is 10.6 Å². The fourth-order valence-electron chi connectivity index (χ4n) is 6.15. The first kappa shape index (κ1) is 37.4. The highest BCUT2D eigenvalue weighted by molar-refractivity contribution is 7.90. The number of nitrogens with one attached hydrogen (secondary N) is 2. The summed E-state index contributed by atoms with van der Waals surface area (Å²) in [5, 5.41) is 4.51. The van der Waals surface area contributed by atoms with Crippen LogP contribution in [0.25, 0.3) is 0 Å². The molecule has 0 aromatic heterocycles. The van der Waals surface area contributed by atoms with Gasteiger partial charge >= 0.3 is 0 Å². The third-order valence-electron chi connectivity index (χ3n) is 8.83. The number of fused-ring (bicyclic) bond motifs is 2. The Morgan fingerprint density at radius 3 is 1.33 bits per heavy atom. The van der Waals surface area contributed by atoms with Crippen LogP contribution in [0.3, 0.4) is 0 Å². The van der Waals surface area contributed by atoms with Crippen molar-refractivity contribution in [2.75, 3.05) is 11.5 Å². The molecule has 2 N–H and O–H groups in total. The van der Waals surface area contributed by atoms with Gasteiger partial charge in [0, 0.05) is 48.6 Å². The fourth-order valence-corrected chi connectivity index (χ4v) is 7.93. The largest absolute Gasteiger partial charge is 0.322 e. The highest BCUT2D eigenvalue weighted by Gasteiger charge is 2.40. The number of hydrogen-bond acceptors (Lipinski definition) is 10. The van der Waals surface area contributed by atoms with Gasteiger partial charge in [-0.2, -0.15) is 0 Å². The molecule has 2 unspecified atom stereocenters. The second kappa shape index (κ2) is 14.6. The van der Waals surface area contributed by atoms with Gasteiger partial charge in [-0.1, -0.05) is 45.5 Å². The van der Waals surface area contributed by atoms with E-state index in [4.69, 9.17) is 0 Å². The van der Waals surface area contributed by atoms with Crippen molar-refractivity contribution < 1.29 is 45.6 Å². The molecule has 2 atom stereocenters. The zero-order valence-corrected chi connectivity index (χ0v) is 28.1. The molecule has 16 heteroatoms. The molecule has 4 heterocycles. The summed E-state index contributed by atoms with van der Waals surface area (Å²) >= 11 is 0. The van der Waals surface area contributed by atoms with Gasteiger partial charge in [-0.15, -0.1) is 0 Å². The van der Waals surface area contributed by atoms with Crippen LogP contribution in [0, 0.1) is 0 Å². The summed E-state index contributed by atoms with van der Waals surface area (Å²) < 4.78 is 47.0. The van der Waals surface area contributed by atoms with Crippen LogP contribution in [-0.2, 0) is 63.4 Å². The maximum atomic E-state index is 12.5. The third-order valence-corrected chi connectivity index (χ3v) is 12.1. The lowest BCUT2D eigenvalue weighted by Crippen LogP contribution is -2.52. The minimum absolute atomic E-state index is 0. The van der Waals surface area contributed by atoms with E-state index in [-0.39, 0.29) is 80.0 Å². The predicted octanol–water partition coefficient (Wildman–Crippen LogP) is 1.40. The molecule has 0 radical (unpaired) electrons. The van der Waals surface area contributed by atoms with Gasteiger partial charge in [0.15, 0.2) is 19.7 Å². The van der Waals surface area contributed by atoms with E-state index in [9.17, 15) is 45.6 Å². The molecule has 0 bridgehead atoms. The Morgan fingerprint density at radius 2 is 1.00 bits per heavy atom. The van der Waals surface area contributed by atoms with E-state index in [0.29, 0.717) is 46.2 Å². The molecule has 2 aromatic rings. The fraction of sp³-hybridized carbons (Fsp3) is 0.455. The molecular formula is C33H40N4O10S2. The quantitative estimate of drug-likeness (QED) is 0.376. The first-order valence-electron chi connectivity index (χ1n) is 15.5. The van der Waals surface area contributed by atoms with Crippen molar-refractivity contribution in [1.82, 2.24) is 20.4 Å². The van der Waals surface area contributed by atoms with Crippen LogP contribution in [0.5, 0.6) is 0 Å². The number of carbonyl (C=O) groups excluding carboxylic acids is 6. The van der Waals surface area contributed by atoms with E-state index >= 15 is 0 Å². The van der Waals surface area contributed by atoms with Crippen molar-refractivity contribution in [1.29, 1.82) is 0 Å².